The largest absolute Gasteiger partial charge is 0.444 e. The molecular weight excluding hydrogens is 365 g/mol. The molecular formula is C20H28FN3O4. The van der Waals surface area contributed by atoms with Crippen LogP contribution in [0.1, 0.15) is 39.2 Å². The molecule has 1 fully saturated rings. The third-order valence-electron chi connectivity index (χ3n) is 4.27. The molecule has 2 rings (SSSR count). The third kappa shape index (κ3) is 7.54. The number of nitrogens with one attached hydrogen (secondary N) is 2. The number of alkyl carbamates (subject to hydrolysis) is 1. The molecule has 0 saturated carbocycles. The Morgan fingerprint density at radius 3 is 2.32 bits per heavy atom. The van der Waals surface area contributed by atoms with E-state index in [2.05, 4.69) is 10.6 Å². The van der Waals surface area contributed by atoms with E-state index in [1.165, 1.54) is 12.1 Å². The van der Waals surface area contributed by atoms with Crippen molar-refractivity contribution in [2.24, 2.45) is 0 Å². The first kappa shape index (κ1) is 21.7. The molecule has 0 unspecified atom stereocenters. The highest BCUT2D eigenvalue weighted by Crippen LogP contribution is 2.12. The Labute approximate surface area is 164 Å². The van der Waals surface area contributed by atoms with Gasteiger partial charge in [0.15, 0.2) is 0 Å². The van der Waals surface area contributed by atoms with Gasteiger partial charge in [-0.2, -0.15) is 0 Å². The highest BCUT2D eigenvalue weighted by atomic mass is 19.1. The Bertz CT molecular complexity index is 692. The molecule has 3 amide bonds. The summed E-state index contributed by atoms with van der Waals surface area (Å²) in [5, 5.41) is 5.42. The smallest absolute Gasteiger partial charge is 0.408 e. The first-order chi connectivity index (χ1) is 13.1. The van der Waals surface area contributed by atoms with Crippen molar-refractivity contribution in [2.45, 2.75) is 51.7 Å². The van der Waals surface area contributed by atoms with Crippen LogP contribution in [0.15, 0.2) is 24.3 Å². The van der Waals surface area contributed by atoms with E-state index in [0.29, 0.717) is 25.9 Å². The number of nitrogens with zero attached hydrogens (tertiary/aromatic N) is 1. The number of likely N-dealkylation sites (tertiary alicyclic amines) is 1. The van der Waals surface area contributed by atoms with Gasteiger partial charge in [0.25, 0.3) is 0 Å². The van der Waals surface area contributed by atoms with Crippen molar-refractivity contribution in [1.29, 1.82) is 0 Å². The van der Waals surface area contributed by atoms with Crippen molar-refractivity contribution >= 4 is 17.9 Å². The van der Waals surface area contributed by atoms with Crippen molar-refractivity contribution < 1.29 is 23.5 Å². The maximum Gasteiger partial charge on any atom is 0.408 e. The molecule has 2 N–H and O–H groups in total. The van der Waals surface area contributed by atoms with Crippen molar-refractivity contribution in [1.82, 2.24) is 15.5 Å². The number of carbonyl (C=O) groups is 3. The molecule has 0 spiro atoms. The standard InChI is InChI=1S/C20H28FN3O4/c1-20(2,3)28-19(27)22-13-18(26)24-10-8-16(9-11-24)23-17(25)12-14-4-6-15(21)7-5-14/h4-7,16H,8-13H2,1-3H3,(H,22,27)(H,23,25). The molecule has 1 aromatic rings. The Balaban J connectivity index is 1.68. The van der Waals surface area contributed by atoms with Gasteiger partial charge in [-0.3, -0.25) is 9.59 Å². The predicted octanol–water partition coefficient (Wildman–Crippen LogP) is 2.00. The van der Waals surface area contributed by atoms with Crippen LogP contribution in [-0.4, -0.2) is 54.1 Å². The minimum absolute atomic E-state index is 0.00388. The molecule has 8 heteroatoms. The Kier molecular flexibility index (Phi) is 7.37. The third-order valence-corrected chi connectivity index (χ3v) is 4.27. The molecule has 0 aliphatic carbocycles. The zero-order chi connectivity index (χ0) is 20.7. The van der Waals surface area contributed by atoms with Crippen LogP contribution >= 0.6 is 0 Å². The molecule has 28 heavy (non-hydrogen) atoms. The van der Waals surface area contributed by atoms with Gasteiger partial charge in [0, 0.05) is 19.1 Å². The Morgan fingerprint density at radius 2 is 1.75 bits per heavy atom. The van der Waals surface area contributed by atoms with Gasteiger partial charge in [-0.1, -0.05) is 12.1 Å². The topological polar surface area (TPSA) is 87.7 Å². The van der Waals surface area contributed by atoms with Gasteiger partial charge in [-0.15, -0.1) is 0 Å². The predicted molar refractivity (Wildman–Crippen MR) is 102 cm³/mol. The fourth-order valence-corrected chi connectivity index (χ4v) is 2.91. The van der Waals surface area contributed by atoms with E-state index in [1.807, 2.05) is 0 Å². The van der Waals surface area contributed by atoms with Crippen molar-refractivity contribution in [3.63, 3.8) is 0 Å². The number of ether oxygens (including phenoxy) is 1. The quantitative estimate of drug-likeness (QED) is 0.801. The first-order valence-corrected chi connectivity index (χ1v) is 9.41. The molecule has 0 radical (unpaired) electrons. The van der Waals surface area contributed by atoms with E-state index < -0.39 is 11.7 Å². The van der Waals surface area contributed by atoms with Crippen LogP contribution in [0.5, 0.6) is 0 Å². The van der Waals surface area contributed by atoms with Crippen molar-refractivity contribution in [3.05, 3.63) is 35.6 Å². The van der Waals surface area contributed by atoms with E-state index in [4.69, 9.17) is 4.74 Å². The normalized spacial score (nSPS) is 15.1. The van der Waals surface area contributed by atoms with Crippen LogP contribution in [0.4, 0.5) is 9.18 Å². The van der Waals surface area contributed by atoms with Gasteiger partial charge in [-0.25, -0.2) is 9.18 Å². The number of piperidine rings is 1. The number of hydrogen-bond acceptors (Lipinski definition) is 4. The monoisotopic (exact) mass is 393 g/mol. The fourth-order valence-electron chi connectivity index (χ4n) is 2.91. The van der Waals surface area contributed by atoms with Crippen LogP contribution in [0.25, 0.3) is 0 Å². The molecule has 7 nitrogen and oxygen atoms in total. The lowest BCUT2D eigenvalue weighted by molar-refractivity contribution is -0.131. The number of hydrogen-bond donors (Lipinski definition) is 2. The summed E-state index contributed by atoms with van der Waals surface area (Å²) < 4.78 is 18.0. The van der Waals surface area contributed by atoms with Gasteiger partial charge in [0.2, 0.25) is 11.8 Å². The average molecular weight is 393 g/mol. The second-order valence-corrected chi connectivity index (χ2v) is 7.88. The summed E-state index contributed by atoms with van der Waals surface area (Å²) in [5.74, 6) is -0.632. The fraction of sp³-hybridized carbons (Fsp3) is 0.550. The van der Waals surface area contributed by atoms with Crippen LogP contribution in [0.3, 0.4) is 0 Å². The second-order valence-electron chi connectivity index (χ2n) is 7.88. The lowest BCUT2D eigenvalue weighted by Crippen LogP contribution is -2.49. The van der Waals surface area contributed by atoms with E-state index in [0.717, 1.165) is 5.56 Å². The zero-order valence-electron chi connectivity index (χ0n) is 16.6. The molecule has 1 aromatic carbocycles. The highest BCUT2D eigenvalue weighted by molar-refractivity contribution is 5.82. The lowest BCUT2D eigenvalue weighted by atomic mass is 10.0. The van der Waals surface area contributed by atoms with E-state index in [9.17, 15) is 18.8 Å². The second kappa shape index (κ2) is 9.52. The number of amides is 3. The van der Waals surface area contributed by atoms with Crippen LogP contribution in [0.2, 0.25) is 0 Å². The van der Waals surface area contributed by atoms with E-state index in [-0.39, 0.29) is 36.6 Å². The van der Waals surface area contributed by atoms with Crippen LogP contribution in [0, 0.1) is 5.82 Å². The number of rotatable bonds is 5. The highest BCUT2D eigenvalue weighted by Gasteiger charge is 2.24. The molecule has 1 aliphatic heterocycles. The van der Waals surface area contributed by atoms with Gasteiger partial charge >= 0.3 is 6.09 Å². The van der Waals surface area contributed by atoms with Gasteiger partial charge < -0.3 is 20.3 Å². The Hall–Kier alpha value is -2.64. The molecule has 0 atom stereocenters. The number of carbonyl (C=O) groups excluding carboxylic acids is 3. The molecule has 0 aromatic heterocycles. The zero-order valence-corrected chi connectivity index (χ0v) is 16.6. The van der Waals surface area contributed by atoms with E-state index in [1.54, 1.807) is 37.8 Å². The van der Waals surface area contributed by atoms with Gasteiger partial charge in [0.05, 0.1) is 6.42 Å². The first-order valence-electron chi connectivity index (χ1n) is 9.41. The summed E-state index contributed by atoms with van der Waals surface area (Å²) in [6.45, 7) is 6.17. The minimum atomic E-state index is -0.621. The van der Waals surface area contributed by atoms with E-state index >= 15 is 0 Å². The molecule has 1 heterocycles. The summed E-state index contributed by atoms with van der Waals surface area (Å²) in [4.78, 5) is 37.6. The van der Waals surface area contributed by atoms with Crippen molar-refractivity contribution in [2.75, 3.05) is 19.6 Å². The summed E-state index contributed by atoms with van der Waals surface area (Å²) in [6, 6.07) is 5.84. The Morgan fingerprint density at radius 1 is 1.14 bits per heavy atom. The molecule has 154 valence electrons. The van der Waals surface area contributed by atoms with Crippen LogP contribution < -0.4 is 10.6 Å². The minimum Gasteiger partial charge on any atom is -0.444 e. The molecule has 1 saturated heterocycles. The molecule has 0 bridgehead atoms. The number of benzene rings is 1. The van der Waals surface area contributed by atoms with Gasteiger partial charge in [-0.05, 0) is 51.3 Å². The van der Waals surface area contributed by atoms with Crippen molar-refractivity contribution in [3.8, 4) is 0 Å². The van der Waals surface area contributed by atoms with Crippen LogP contribution in [-0.2, 0) is 20.7 Å². The summed E-state index contributed by atoms with van der Waals surface area (Å²) in [7, 11) is 0. The lowest BCUT2D eigenvalue weighted by Gasteiger charge is -2.32. The summed E-state index contributed by atoms with van der Waals surface area (Å²) in [6.07, 6.45) is 0.865. The SMILES string of the molecule is CC(C)(C)OC(=O)NCC(=O)N1CCC(NC(=O)Cc2ccc(F)cc2)CC1. The summed E-state index contributed by atoms with van der Waals surface area (Å²) >= 11 is 0. The maximum absolute atomic E-state index is 12.9. The summed E-state index contributed by atoms with van der Waals surface area (Å²) in [5.41, 5.74) is 0.136. The molecule has 1 aliphatic rings. The average Bonchev–Trinajstić information content (AvgIpc) is 2.61. The maximum atomic E-state index is 12.9. The number of halogens is 1. The van der Waals surface area contributed by atoms with Gasteiger partial charge in [0.1, 0.15) is 18.0 Å².